The van der Waals surface area contributed by atoms with E-state index in [4.69, 9.17) is 11.2 Å². The van der Waals surface area contributed by atoms with E-state index in [2.05, 4.69) is 11.2 Å². The molecule has 18 heavy (non-hydrogen) atoms. The molecule has 96 valence electrons. The van der Waals surface area contributed by atoms with Gasteiger partial charge in [0, 0.05) is 30.7 Å². The van der Waals surface area contributed by atoms with Crippen LogP contribution in [0.25, 0.3) is 0 Å². The minimum atomic E-state index is 0.134. The Morgan fingerprint density at radius 2 is 2.17 bits per heavy atom. The lowest BCUT2D eigenvalue weighted by molar-refractivity contribution is 0.207. The SMILES string of the molecule is C#CCOc1ccccc1CNCC1(CO)CC1. The van der Waals surface area contributed by atoms with E-state index in [1.54, 1.807) is 0 Å². The molecule has 1 aliphatic rings. The van der Waals surface area contributed by atoms with Crippen LogP contribution in [0.15, 0.2) is 24.3 Å². The Bertz CT molecular complexity index is 432. The van der Waals surface area contributed by atoms with E-state index in [9.17, 15) is 5.11 Å². The van der Waals surface area contributed by atoms with Crippen molar-refractivity contribution < 1.29 is 9.84 Å². The van der Waals surface area contributed by atoms with Gasteiger partial charge in [-0.2, -0.15) is 0 Å². The molecule has 1 aromatic rings. The molecule has 0 atom stereocenters. The van der Waals surface area contributed by atoms with Crippen LogP contribution in [0.5, 0.6) is 5.75 Å². The summed E-state index contributed by atoms with van der Waals surface area (Å²) in [6.07, 6.45) is 7.43. The molecule has 3 heteroatoms. The number of hydrogen-bond donors (Lipinski definition) is 2. The average molecular weight is 245 g/mol. The van der Waals surface area contributed by atoms with Gasteiger partial charge in [-0.15, -0.1) is 6.42 Å². The molecule has 0 radical (unpaired) electrons. The second-order valence-corrected chi connectivity index (χ2v) is 4.86. The van der Waals surface area contributed by atoms with Crippen molar-refractivity contribution in [2.45, 2.75) is 19.4 Å². The fourth-order valence-corrected chi connectivity index (χ4v) is 1.94. The van der Waals surface area contributed by atoms with Gasteiger partial charge in [-0.25, -0.2) is 0 Å². The summed E-state index contributed by atoms with van der Waals surface area (Å²) in [6, 6.07) is 7.87. The molecule has 0 saturated heterocycles. The molecule has 0 amide bonds. The standard InChI is InChI=1S/C15H19NO2/c1-2-9-18-14-6-4-3-5-13(14)10-16-11-15(12-17)7-8-15/h1,3-6,16-17H,7-12H2. The van der Waals surface area contributed by atoms with E-state index in [-0.39, 0.29) is 18.6 Å². The zero-order valence-electron chi connectivity index (χ0n) is 10.5. The summed E-state index contributed by atoms with van der Waals surface area (Å²) in [5, 5.41) is 12.6. The molecular weight excluding hydrogens is 226 g/mol. The minimum Gasteiger partial charge on any atom is -0.481 e. The topological polar surface area (TPSA) is 41.5 Å². The lowest BCUT2D eigenvalue weighted by atomic mass is 10.1. The molecule has 0 spiro atoms. The van der Waals surface area contributed by atoms with Crippen molar-refractivity contribution in [2.75, 3.05) is 19.8 Å². The quantitative estimate of drug-likeness (QED) is 0.716. The average Bonchev–Trinajstić information content (AvgIpc) is 3.18. The van der Waals surface area contributed by atoms with Crippen molar-refractivity contribution in [3.63, 3.8) is 0 Å². The van der Waals surface area contributed by atoms with Crippen LogP contribution in [0.2, 0.25) is 0 Å². The summed E-state index contributed by atoms with van der Waals surface area (Å²) < 4.78 is 5.49. The molecule has 0 aliphatic heterocycles. The van der Waals surface area contributed by atoms with E-state index < -0.39 is 0 Å². The van der Waals surface area contributed by atoms with Gasteiger partial charge >= 0.3 is 0 Å². The van der Waals surface area contributed by atoms with Crippen LogP contribution in [0.4, 0.5) is 0 Å². The van der Waals surface area contributed by atoms with Gasteiger partial charge in [-0.3, -0.25) is 0 Å². The van der Waals surface area contributed by atoms with Crippen LogP contribution in [0.3, 0.4) is 0 Å². The highest BCUT2D eigenvalue weighted by Gasteiger charge is 2.41. The smallest absolute Gasteiger partial charge is 0.148 e. The van der Waals surface area contributed by atoms with Crippen molar-refractivity contribution in [2.24, 2.45) is 5.41 Å². The first-order valence-electron chi connectivity index (χ1n) is 6.25. The summed E-state index contributed by atoms with van der Waals surface area (Å²) in [5.74, 6) is 3.30. The Labute approximate surface area is 108 Å². The maximum absolute atomic E-state index is 9.24. The van der Waals surface area contributed by atoms with E-state index in [1.807, 2.05) is 24.3 Å². The van der Waals surface area contributed by atoms with Gasteiger partial charge in [-0.1, -0.05) is 24.1 Å². The number of aliphatic hydroxyl groups is 1. The second kappa shape index (κ2) is 5.90. The maximum atomic E-state index is 9.24. The predicted octanol–water partition coefficient (Wildman–Crippen LogP) is 1.56. The summed E-state index contributed by atoms with van der Waals surface area (Å²) in [5.41, 5.74) is 1.23. The van der Waals surface area contributed by atoms with E-state index in [0.29, 0.717) is 0 Å². The van der Waals surface area contributed by atoms with Gasteiger partial charge in [0.05, 0.1) is 0 Å². The molecule has 3 nitrogen and oxygen atoms in total. The third kappa shape index (κ3) is 3.25. The highest BCUT2D eigenvalue weighted by atomic mass is 16.5. The largest absolute Gasteiger partial charge is 0.481 e. The van der Waals surface area contributed by atoms with Crippen LogP contribution in [0, 0.1) is 17.8 Å². The van der Waals surface area contributed by atoms with Crippen LogP contribution in [0.1, 0.15) is 18.4 Å². The van der Waals surface area contributed by atoms with Crippen molar-refractivity contribution in [3.05, 3.63) is 29.8 Å². The Hall–Kier alpha value is -1.50. The number of hydrogen-bond acceptors (Lipinski definition) is 3. The van der Waals surface area contributed by atoms with Crippen molar-refractivity contribution in [1.29, 1.82) is 0 Å². The summed E-state index contributed by atoms with van der Waals surface area (Å²) in [7, 11) is 0. The van der Waals surface area contributed by atoms with Crippen molar-refractivity contribution >= 4 is 0 Å². The van der Waals surface area contributed by atoms with Gasteiger partial charge in [0.15, 0.2) is 0 Å². The number of aliphatic hydroxyl groups excluding tert-OH is 1. The maximum Gasteiger partial charge on any atom is 0.148 e. The summed E-state index contributed by atoms with van der Waals surface area (Å²) >= 11 is 0. The van der Waals surface area contributed by atoms with E-state index >= 15 is 0 Å². The molecule has 0 unspecified atom stereocenters. The molecule has 2 rings (SSSR count). The van der Waals surface area contributed by atoms with Gasteiger partial charge in [0.2, 0.25) is 0 Å². The fraction of sp³-hybridized carbons (Fsp3) is 0.467. The van der Waals surface area contributed by atoms with Crippen molar-refractivity contribution in [3.8, 4) is 18.1 Å². The fourth-order valence-electron chi connectivity index (χ4n) is 1.94. The zero-order valence-corrected chi connectivity index (χ0v) is 10.5. The molecule has 1 fully saturated rings. The normalized spacial score (nSPS) is 16.0. The third-order valence-corrected chi connectivity index (χ3v) is 3.39. The Kier molecular flexibility index (Phi) is 4.24. The van der Waals surface area contributed by atoms with Crippen LogP contribution >= 0.6 is 0 Å². The van der Waals surface area contributed by atoms with Crippen molar-refractivity contribution in [1.82, 2.24) is 5.32 Å². The summed E-state index contributed by atoms with van der Waals surface area (Å²) in [6.45, 7) is 2.16. The zero-order chi connectivity index (χ0) is 12.8. The Balaban J connectivity index is 1.86. The predicted molar refractivity (Wildman–Crippen MR) is 71.2 cm³/mol. The van der Waals surface area contributed by atoms with Crippen LogP contribution < -0.4 is 10.1 Å². The molecule has 1 saturated carbocycles. The van der Waals surface area contributed by atoms with Crippen LogP contribution in [-0.2, 0) is 6.54 Å². The van der Waals surface area contributed by atoms with Gasteiger partial charge in [0.25, 0.3) is 0 Å². The first kappa shape index (κ1) is 12.9. The molecule has 2 N–H and O–H groups in total. The number of nitrogens with one attached hydrogen (secondary N) is 1. The van der Waals surface area contributed by atoms with Gasteiger partial charge < -0.3 is 15.2 Å². The number of terminal acetylenes is 1. The van der Waals surface area contributed by atoms with Crippen LogP contribution in [-0.4, -0.2) is 24.9 Å². The number of para-hydroxylation sites is 1. The third-order valence-electron chi connectivity index (χ3n) is 3.39. The van der Waals surface area contributed by atoms with Gasteiger partial charge in [-0.05, 0) is 18.9 Å². The monoisotopic (exact) mass is 245 g/mol. The lowest BCUT2D eigenvalue weighted by Gasteiger charge is -2.14. The summed E-state index contributed by atoms with van der Waals surface area (Å²) in [4.78, 5) is 0. The first-order chi connectivity index (χ1) is 8.79. The number of rotatable bonds is 7. The molecule has 0 bridgehead atoms. The Morgan fingerprint density at radius 3 is 2.83 bits per heavy atom. The highest BCUT2D eigenvalue weighted by molar-refractivity contribution is 5.33. The lowest BCUT2D eigenvalue weighted by Crippen LogP contribution is -2.26. The Morgan fingerprint density at radius 1 is 1.39 bits per heavy atom. The number of ether oxygens (including phenoxy) is 1. The van der Waals surface area contributed by atoms with Gasteiger partial charge in [0.1, 0.15) is 12.4 Å². The molecule has 1 aromatic carbocycles. The highest BCUT2D eigenvalue weighted by Crippen LogP contribution is 2.44. The second-order valence-electron chi connectivity index (χ2n) is 4.86. The van der Waals surface area contributed by atoms with E-state index in [1.165, 1.54) is 0 Å². The van der Waals surface area contributed by atoms with E-state index in [0.717, 1.165) is 37.2 Å². The minimum absolute atomic E-state index is 0.134. The molecular formula is C15H19NO2. The molecule has 1 aliphatic carbocycles. The molecule has 0 aromatic heterocycles. The number of benzene rings is 1. The first-order valence-corrected chi connectivity index (χ1v) is 6.25. The molecule has 0 heterocycles.